The largest absolute Gasteiger partial charge is 0.480 e. The first-order chi connectivity index (χ1) is 6.50. The van der Waals surface area contributed by atoms with Gasteiger partial charge in [0.1, 0.15) is 6.04 Å². The number of nitrogens with one attached hydrogen (secondary N) is 1. The van der Waals surface area contributed by atoms with E-state index >= 15 is 0 Å². The smallest absolute Gasteiger partial charge is 0.325 e. The molecule has 0 radical (unpaired) electrons. The SMILES string of the molecule is CC1CC(C(=O)NC(C)C(=O)O)CO1. The number of carboxylic acid groups (broad SMARTS) is 1. The number of carbonyl (C=O) groups is 2. The summed E-state index contributed by atoms with van der Waals surface area (Å²) in [7, 11) is 0. The van der Waals surface area contributed by atoms with Gasteiger partial charge in [0.05, 0.1) is 18.6 Å². The average Bonchev–Trinajstić information content (AvgIpc) is 2.51. The quantitative estimate of drug-likeness (QED) is 0.674. The first-order valence-electron chi connectivity index (χ1n) is 4.65. The van der Waals surface area contributed by atoms with Crippen LogP contribution in [0.2, 0.25) is 0 Å². The molecule has 0 bridgehead atoms. The van der Waals surface area contributed by atoms with Gasteiger partial charge in [-0.1, -0.05) is 0 Å². The fraction of sp³-hybridized carbons (Fsp3) is 0.778. The van der Waals surface area contributed by atoms with Crippen molar-refractivity contribution in [3.05, 3.63) is 0 Å². The molecule has 0 saturated carbocycles. The van der Waals surface area contributed by atoms with E-state index in [1.807, 2.05) is 6.92 Å². The highest BCUT2D eigenvalue weighted by atomic mass is 16.5. The minimum atomic E-state index is -1.02. The Hall–Kier alpha value is -1.10. The van der Waals surface area contributed by atoms with Crippen LogP contribution in [0.3, 0.4) is 0 Å². The zero-order valence-electron chi connectivity index (χ0n) is 8.32. The maximum atomic E-state index is 11.5. The summed E-state index contributed by atoms with van der Waals surface area (Å²) in [6.07, 6.45) is 0.754. The Morgan fingerprint density at radius 1 is 1.57 bits per heavy atom. The minimum Gasteiger partial charge on any atom is -0.480 e. The van der Waals surface area contributed by atoms with E-state index in [1.165, 1.54) is 6.92 Å². The Kier molecular flexibility index (Phi) is 3.46. The summed E-state index contributed by atoms with van der Waals surface area (Å²) < 4.78 is 5.22. The fourth-order valence-electron chi connectivity index (χ4n) is 1.39. The molecule has 0 aliphatic carbocycles. The molecule has 0 spiro atoms. The van der Waals surface area contributed by atoms with Gasteiger partial charge in [0, 0.05) is 0 Å². The summed E-state index contributed by atoms with van der Waals surface area (Å²) >= 11 is 0. The van der Waals surface area contributed by atoms with Crippen molar-refractivity contribution in [3.63, 3.8) is 0 Å². The van der Waals surface area contributed by atoms with Crippen LogP contribution in [0.15, 0.2) is 0 Å². The van der Waals surface area contributed by atoms with E-state index in [0.717, 1.165) is 0 Å². The molecule has 1 rings (SSSR count). The third-order valence-electron chi connectivity index (χ3n) is 2.30. The third-order valence-corrected chi connectivity index (χ3v) is 2.30. The molecular weight excluding hydrogens is 186 g/mol. The Bertz CT molecular complexity index is 241. The van der Waals surface area contributed by atoms with Crippen molar-refractivity contribution < 1.29 is 19.4 Å². The molecule has 1 heterocycles. The van der Waals surface area contributed by atoms with Crippen LogP contribution in [-0.2, 0) is 14.3 Å². The maximum Gasteiger partial charge on any atom is 0.325 e. The second kappa shape index (κ2) is 4.41. The van der Waals surface area contributed by atoms with Crippen molar-refractivity contribution in [1.29, 1.82) is 0 Å². The van der Waals surface area contributed by atoms with Crippen LogP contribution in [0.1, 0.15) is 20.3 Å². The zero-order chi connectivity index (χ0) is 10.7. The number of hydrogen-bond acceptors (Lipinski definition) is 3. The van der Waals surface area contributed by atoms with Crippen LogP contribution in [0, 0.1) is 5.92 Å². The number of aliphatic carboxylic acids is 1. The lowest BCUT2D eigenvalue weighted by atomic mass is 10.1. The second-order valence-electron chi connectivity index (χ2n) is 3.65. The summed E-state index contributed by atoms with van der Waals surface area (Å²) in [6, 6.07) is -0.835. The highest BCUT2D eigenvalue weighted by molar-refractivity contribution is 5.84. The Labute approximate surface area is 82.4 Å². The molecule has 5 nitrogen and oxygen atoms in total. The van der Waals surface area contributed by atoms with Gasteiger partial charge < -0.3 is 15.2 Å². The molecule has 3 unspecified atom stereocenters. The van der Waals surface area contributed by atoms with Gasteiger partial charge in [0.15, 0.2) is 0 Å². The van der Waals surface area contributed by atoms with Crippen LogP contribution < -0.4 is 5.32 Å². The van der Waals surface area contributed by atoms with Gasteiger partial charge in [-0.05, 0) is 20.3 Å². The average molecular weight is 201 g/mol. The molecule has 14 heavy (non-hydrogen) atoms. The fourth-order valence-corrected chi connectivity index (χ4v) is 1.39. The molecule has 1 aliphatic rings. The molecule has 5 heteroatoms. The lowest BCUT2D eigenvalue weighted by Gasteiger charge is -2.12. The molecule has 0 aromatic heterocycles. The molecule has 1 aliphatic heterocycles. The molecule has 1 amide bonds. The van der Waals surface area contributed by atoms with Crippen LogP contribution in [-0.4, -0.2) is 35.7 Å². The standard InChI is InChI=1S/C9H15NO4/c1-5-3-7(4-14-5)8(11)10-6(2)9(12)13/h5-7H,3-4H2,1-2H3,(H,10,11)(H,12,13). The summed E-state index contributed by atoms with van der Waals surface area (Å²) in [6.45, 7) is 3.73. The van der Waals surface area contributed by atoms with E-state index in [-0.39, 0.29) is 17.9 Å². The Morgan fingerprint density at radius 3 is 2.64 bits per heavy atom. The first-order valence-corrected chi connectivity index (χ1v) is 4.65. The predicted octanol–water partition coefficient (Wildman–Crippen LogP) is 0.000700. The lowest BCUT2D eigenvalue weighted by molar-refractivity contribution is -0.141. The number of carbonyl (C=O) groups excluding carboxylic acids is 1. The van der Waals surface area contributed by atoms with Crippen molar-refractivity contribution >= 4 is 11.9 Å². The summed E-state index contributed by atoms with van der Waals surface area (Å²) in [5, 5.41) is 11.0. The van der Waals surface area contributed by atoms with Crippen molar-refractivity contribution in [1.82, 2.24) is 5.32 Å². The van der Waals surface area contributed by atoms with Gasteiger partial charge in [-0.2, -0.15) is 0 Å². The third kappa shape index (κ3) is 2.70. The van der Waals surface area contributed by atoms with Gasteiger partial charge in [0.2, 0.25) is 5.91 Å². The normalized spacial score (nSPS) is 28.4. The highest BCUT2D eigenvalue weighted by Crippen LogP contribution is 2.18. The number of hydrogen-bond donors (Lipinski definition) is 2. The van der Waals surface area contributed by atoms with E-state index in [1.54, 1.807) is 0 Å². The lowest BCUT2D eigenvalue weighted by Crippen LogP contribution is -2.41. The predicted molar refractivity (Wildman–Crippen MR) is 48.8 cm³/mol. The van der Waals surface area contributed by atoms with E-state index < -0.39 is 12.0 Å². The van der Waals surface area contributed by atoms with Crippen LogP contribution >= 0.6 is 0 Å². The Balaban J connectivity index is 2.39. The molecule has 80 valence electrons. The van der Waals surface area contributed by atoms with Gasteiger partial charge in [0.25, 0.3) is 0 Å². The summed E-state index contributed by atoms with van der Waals surface area (Å²) in [5.41, 5.74) is 0. The molecular formula is C9H15NO4. The second-order valence-corrected chi connectivity index (χ2v) is 3.65. The van der Waals surface area contributed by atoms with Crippen LogP contribution in [0.4, 0.5) is 0 Å². The number of carboxylic acids is 1. The molecule has 1 fully saturated rings. The van der Waals surface area contributed by atoms with Crippen molar-refractivity contribution in [2.75, 3.05) is 6.61 Å². The minimum absolute atomic E-state index is 0.0888. The molecule has 0 aromatic carbocycles. The van der Waals surface area contributed by atoms with Gasteiger partial charge in [-0.15, -0.1) is 0 Å². The van der Waals surface area contributed by atoms with E-state index in [0.29, 0.717) is 13.0 Å². The first kappa shape index (κ1) is 11.0. The maximum absolute atomic E-state index is 11.5. The van der Waals surface area contributed by atoms with E-state index in [2.05, 4.69) is 5.32 Å². The molecule has 3 atom stereocenters. The van der Waals surface area contributed by atoms with Gasteiger partial charge in [-0.3, -0.25) is 9.59 Å². The zero-order valence-corrected chi connectivity index (χ0v) is 8.32. The molecule has 2 N–H and O–H groups in total. The molecule has 1 saturated heterocycles. The van der Waals surface area contributed by atoms with Crippen molar-refractivity contribution in [3.8, 4) is 0 Å². The van der Waals surface area contributed by atoms with Gasteiger partial charge >= 0.3 is 5.97 Å². The highest BCUT2D eigenvalue weighted by Gasteiger charge is 2.29. The number of amides is 1. The van der Waals surface area contributed by atoms with Crippen LogP contribution in [0.5, 0.6) is 0 Å². The number of rotatable bonds is 3. The summed E-state index contributed by atoms with van der Waals surface area (Å²) in [5.74, 6) is -1.46. The number of ether oxygens (including phenoxy) is 1. The topological polar surface area (TPSA) is 75.6 Å². The van der Waals surface area contributed by atoms with E-state index in [9.17, 15) is 9.59 Å². The Morgan fingerprint density at radius 2 is 2.21 bits per heavy atom. The van der Waals surface area contributed by atoms with Crippen molar-refractivity contribution in [2.24, 2.45) is 5.92 Å². The summed E-state index contributed by atoms with van der Waals surface area (Å²) in [4.78, 5) is 21.9. The van der Waals surface area contributed by atoms with Crippen molar-refractivity contribution in [2.45, 2.75) is 32.4 Å². The van der Waals surface area contributed by atoms with E-state index in [4.69, 9.17) is 9.84 Å². The van der Waals surface area contributed by atoms with Crippen LogP contribution in [0.25, 0.3) is 0 Å². The molecule has 0 aromatic rings. The van der Waals surface area contributed by atoms with Gasteiger partial charge in [-0.25, -0.2) is 0 Å². The monoisotopic (exact) mass is 201 g/mol.